The van der Waals surface area contributed by atoms with Crippen LogP contribution < -0.4 is 5.32 Å². The van der Waals surface area contributed by atoms with Crippen LogP contribution >= 0.6 is 0 Å². The topological polar surface area (TPSA) is 47.6 Å². The number of nitrogens with one attached hydrogen (secondary N) is 1. The molecule has 1 amide bonds. The lowest BCUT2D eigenvalue weighted by Gasteiger charge is -2.45. The molecule has 3 fully saturated rings. The largest absolute Gasteiger partial charge is 0.349 e. The summed E-state index contributed by atoms with van der Waals surface area (Å²) in [4.78, 5) is 12.3. The molecular weight excluding hydrogens is 290 g/mol. The number of carbonyl (C=O) groups is 1. The summed E-state index contributed by atoms with van der Waals surface area (Å²) >= 11 is 0. The van der Waals surface area contributed by atoms with Gasteiger partial charge in [0, 0.05) is 24.4 Å². The van der Waals surface area contributed by atoms with Gasteiger partial charge in [0.2, 0.25) is 0 Å². The Morgan fingerprint density at radius 2 is 1.83 bits per heavy atom. The van der Waals surface area contributed by atoms with Crippen LogP contribution in [0, 0.1) is 11.8 Å². The minimum atomic E-state index is -0.276. The van der Waals surface area contributed by atoms with Gasteiger partial charge in [0.15, 0.2) is 5.79 Å². The first-order chi connectivity index (χ1) is 11.2. The SMILES string of the molecule is O=C(N[C@H]1CC[C@H]2CC3(CC[C@@H]2C1)OCCO3)c1ccccc1. The van der Waals surface area contributed by atoms with Crippen molar-refractivity contribution in [2.75, 3.05) is 13.2 Å². The zero-order chi connectivity index (χ0) is 15.7. The molecule has 1 aromatic rings. The number of fused-ring (bicyclic) bond motifs is 1. The van der Waals surface area contributed by atoms with Gasteiger partial charge in [-0.15, -0.1) is 0 Å². The molecule has 3 aliphatic rings. The molecule has 1 aliphatic heterocycles. The fourth-order valence-corrected chi connectivity index (χ4v) is 4.60. The van der Waals surface area contributed by atoms with Crippen LogP contribution in [0.5, 0.6) is 0 Å². The Balaban J connectivity index is 1.34. The minimum absolute atomic E-state index is 0.0591. The molecule has 1 spiro atoms. The molecule has 0 unspecified atom stereocenters. The zero-order valence-corrected chi connectivity index (χ0v) is 13.5. The maximum absolute atomic E-state index is 12.3. The van der Waals surface area contributed by atoms with Gasteiger partial charge in [-0.05, 0) is 49.7 Å². The van der Waals surface area contributed by atoms with Crippen molar-refractivity contribution >= 4 is 5.91 Å². The van der Waals surface area contributed by atoms with Crippen molar-refractivity contribution in [2.24, 2.45) is 11.8 Å². The Kier molecular flexibility index (Phi) is 4.12. The summed E-state index contributed by atoms with van der Waals surface area (Å²) in [7, 11) is 0. The Morgan fingerprint density at radius 3 is 2.61 bits per heavy atom. The highest BCUT2D eigenvalue weighted by Gasteiger charge is 2.46. The van der Waals surface area contributed by atoms with Gasteiger partial charge < -0.3 is 14.8 Å². The molecular formula is C19H25NO3. The van der Waals surface area contributed by atoms with Crippen LogP contribution in [0.15, 0.2) is 30.3 Å². The van der Waals surface area contributed by atoms with Crippen molar-refractivity contribution in [3.05, 3.63) is 35.9 Å². The molecule has 2 saturated carbocycles. The van der Waals surface area contributed by atoms with Crippen molar-refractivity contribution in [3.63, 3.8) is 0 Å². The quantitative estimate of drug-likeness (QED) is 0.912. The van der Waals surface area contributed by atoms with E-state index in [2.05, 4.69) is 5.32 Å². The van der Waals surface area contributed by atoms with E-state index in [1.165, 1.54) is 6.42 Å². The van der Waals surface area contributed by atoms with Gasteiger partial charge in [0.25, 0.3) is 5.91 Å². The van der Waals surface area contributed by atoms with Gasteiger partial charge in [-0.25, -0.2) is 0 Å². The van der Waals surface area contributed by atoms with Gasteiger partial charge in [0.05, 0.1) is 13.2 Å². The third-order valence-corrected chi connectivity index (χ3v) is 5.79. The number of carbonyl (C=O) groups excluding carboxylic acids is 1. The molecule has 0 aromatic heterocycles. The van der Waals surface area contributed by atoms with E-state index < -0.39 is 0 Å². The van der Waals surface area contributed by atoms with E-state index in [1.54, 1.807) is 0 Å². The molecule has 4 nitrogen and oxygen atoms in total. The predicted octanol–water partition coefficient (Wildman–Crippen LogP) is 3.13. The van der Waals surface area contributed by atoms with Crippen LogP contribution in [0.4, 0.5) is 0 Å². The summed E-state index contributed by atoms with van der Waals surface area (Å²) in [5, 5.41) is 3.23. The Hall–Kier alpha value is -1.39. The van der Waals surface area contributed by atoms with E-state index in [9.17, 15) is 4.79 Å². The third-order valence-electron chi connectivity index (χ3n) is 5.79. The molecule has 3 atom stereocenters. The normalized spacial score (nSPS) is 32.4. The van der Waals surface area contributed by atoms with Crippen molar-refractivity contribution < 1.29 is 14.3 Å². The molecule has 23 heavy (non-hydrogen) atoms. The van der Waals surface area contributed by atoms with Crippen LogP contribution in [0.25, 0.3) is 0 Å². The van der Waals surface area contributed by atoms with Crippen LogP contribution in [0.3, 0.4) is 0 Å². The summed E-state index contributed by atoms with van der Waals surface area (Å²) in [6.07, 6.45) is 6.53. The van der Waals surface area contributed by atoms with Gasteiger partial charge in [-0.3, -0.25) is 4.79 Å². The Morgan fingerprint density at radius 1 is 1.04 bits per heavy atom. The van der Waals surface area contributed by atoms with Crippen molar-refractivity contribution in [2.45, 2.75) is 50.4 Å². The lowest BCUT2D eigenvalue weighted by molar-refractivity contribution is -0.198. The number of amides is 1. The second-order valence-electron chi connectivity index (χ2n) is 7.22. The van der Waals surface area contributed by atoms with Gasteiger partial charge in [-0.2, -0.15) is 0 Å². The lowest BCUT2D eigenvalue weighted by atomic mass is 9.67. The first-order valence-corrected chi connectivity index (χ1v) is 8.88. The highest BCUT2D eigenvalue weighted by molar-refractivity contribution is 5.94. The fraction of sp³-hybridized carbons (Fsp3) is 0.632. The second kappa shape index (κ2) is 6.25. The molecule has 4 rings (SSSR count). The molecule has 1 heterocycles. The number of hydrogen-bond donors (Lipinski definition) is 1. The van der Waals surface area contributed by atoms with Gasteiger partial charge in [-0.1, -0.05) is 18.2 Å². The maximum Gasteiger partial charge on any atom is 0.251 e. The number of hydrogen-bond acceptors (Lipinski definition) is 3. The summed E-state index contributed by atoms with van der Waals surface area (Å²) < 4.78 is 11.8. The van der Waals surface area contributed by atoms with Crippen molar-refractivity contribution in [3.8, 4) is 0 Å². The number of benzene rings is 1. The van der Waals surface area contributed by atoms with Gasteiger partial charge in [0.1, 0.15) is 0 Å². The average Bonchev–Trinajstić information content (AvgIpc) is 3.04. The van der Waals surface area contributed by atoms with Crippen molar-refractivity contribution in [1.29, 1.82) is 0 Å². The fourth-order valence-electron chi connectivity index (χ4n) is 4.60. The molecule has 124 valence electrons. The number of ether oxygens (including phenoxy) is 2. The first kappa shape index (κ1) is 15.2. The van der Waals surface area contributed by atoms with E-state index >= 15 is 0 Å². The number of rotatable bonds is 2. The standard InChI is InChI=1S/C19H25NO3/c21-18(14-4-2-1-3-5-14)20-17-7-6-16-13-19(22-10-11-23-19)9-8-15(16)12-17/h1-5,15-17H,6-13H2,(H,20,21)/t15-,16+,17+/m1/s1. The van der Waals surface area contributed by atoms with E-state index in [1.807, 2.05) is 30.3 Å². The molecule has 0 bridgehead atoms. The maximum atomic E-state index is 12.3. The summed E-state index contributed by atoms with van der Waals surface area (Å²) in [6.45, 7) is 1.49. The summed E-state index contributed by atoms with van der Waals surface area (Å²) in [6, 6.07) is 9.82. The third kappa shape index (κ3) is 3.15. The molecule has 2 aliphatic carbocycles. The van der Waals surface area contributed by atoms with E-state index in [4.69, 9.17) is 9.47 Å². The smallest absolute Gasteiger partial charge is 0.251 e. The highest BCUT2D eigenvalue weighted by Crippen LogP contribution is 2.47. The van der Waals surface area contributed by atoms with Crippen LogP contribution in [0.2, 0.25) is 0 Å². The van der Waals surface area contributed by atoms with E-state index in [0.717, 1.165) is 50.9 Å². The van der Waals surface area contributed by atoms with Crippen LogP contribution in [-0.4, -0.2) is 30.9 Å². The van der Waals surface area contributed by atoms with Crippen LogP contribution in [0.1, 0.15) is 48.9 Å². The molecule has 0 radical (unpaired) electrons. The Bertz CT molecular complexity index is 553. The monoisotopic (exact) mass is 315 g/mol. The van der Waals surface area contributed by atoms with E-state index in [-0.39, 0.29) is 11.7 Å². The molecule has 1 saturated heterocycles. The second-order valence-corrected chi connectivity index (χ2v) is 7.22. The first-order valence-electron chi connectivity index (χ1n) is 8.88. The summed E-state index contributed by atoms with van der Waals surface area (Å²) in [5.41, 5.74) is 0.755. The van der Waals surface area contributed by atoms with Crippen molar-refractivity contribution in [1.82, 2.24) is 5.32 Å². The highest BCUT2D eigenvalue weighted by atomic mass is 16.7. The predicted molar refractivity (Wildman–Crippen MR) is 87.0 cm³/mol. The van der Waals surface area contributed by atoms with E-state index in [0.29, 0.717) is 17.9 Å². The summed E-state index contributed by atoms with van der Waals surface area (Å²) in [5.74, 6) is 1.17. The lowest BCUT2D eigenvalue weighted by Crippen LogP contribution is -2.46. The molecule has 4 heteroatoms. The minimum Gasteiger partial charge on any atom is -0.349 e. The zero-order valence-electron chi connectivity index (χ0n) is 13.5. The molecule has 1 N–H and O–H groups in total. The average molecular weight is 315 g/mol. The van der Waals surface area contributed by atoms with Crippen LogP contribution in [-0.2, 0) is 9.47 Å². The molecule has 1 aromatic carbocycles. The van der Waals surface area contributed by atoms with Gasteiger partial charge >= 0.3 is 0 Å². The Labute approximate surface area is 137 Å².